The zero-order valence-corrected chi connectivity index (χ0v) is 15.5. The summed E-state index contributed by atoms with van der Waals surface area (Å²) in [6.07, 6.45) is 3.23. The van der Waals surface area contributed by atoms with Crippen LogP contribution in [-0.2, 0) is 9.59 Å². The van der Waals surface area contributed by atoms with Crippen molar-refractivity contribution < 1.29 is 14.7 Å². The molecule has 2 atom stereocenters. The van der Waals surface area contributed by atoms with Gasteiger partial charge in [0.05, 0.1) is 6.04 Å². The molecule has 0 aliphatic heterocycles. The van der Waals surface area contributed by atoms with Gasteiger partial charge in [-0.05, 0) is 38.8 Å². The fourth-order valence-corrected chi connectivity index (χ4v) is 1.94. The summed E-state index contributed by atoms with van der Waals surface area (Å²) < 4.78 is 0. The molecule has 0 unspecified atom stereocenters. The maximum absolute atomic E-state index is 11.4. The van der Waals surface area contributed by atoms with Gasteiger partial charge in [-0.2, -0.15) is 0 Å². The highest BCUT2D eigenvalue weighted by Gasteiger charge is 2.16. The second kappa shape index (κ2) is 14.2. The highest BCUT2D eigenvalue weighted by molar-refractivity contribution is 5.81. The summed E-state index contributed by atoms with van der Waals surface area (Å²) in [7, 11) is 3.47. The molecule has 0 aliphatic carbocycles. The summed E-state index contributed by atoms with van der Waals surface area (Å²) in [4.78, 5) is 21.9. The van der Waals surface area contributed by atoms with Crippen molar-refractivity contribution in [1.29, 1.82) is 0 Å². The normalized spacial score (nSPS) is 13.0. The zero-order chi connectivity index (χ0) is 18.4. The third-order valence-electron chi connectivity index (χ3n) is 3.15. The van der Waals surface area contributed by atoms with Crippen molar-refractivity contribution in [2.24, 2.45) is 11.8 Å². The summed E-state index contributed by atoms with van der Waals surface area (Å²) in [6.45, 7) is 12.3. The molecule has 0 radical (unpaired) electrons. The number of aliphatic carboxylic acids is 1. The van der Waals surface area contributed by atoms with Crippen LogP contribution in [0.5, 0.6) is 0 Å². The number of amides is 1. The van der Waals surface area contributed by atoms with Crippen molar-refractivity contribution in [3.8, 4) is 0 Å². The van der Waals surface area contributed by atoms with Crippen LogP contribution in [0.2, 0.25) is 0 Å². The van der Waals surface area contributed by atoms with Crippen LogP contribution in [0.25, 0.3) is 0 Å². The second-order valence-electron chi connectivity index (χ2n) is 6.31. The summed E-state index contributed by atoms with van der Waals surface area (Å²) in [5.41, 5.74) is 0. The Kier molecular flexibility index (Phi) is 14.7. The lowest BCUT2D eigenvalue weighted by Gasteiger charge is -2.17. The number of hydrogen-bond donors (Lipinski definition) is 4. The number of carbonyl (C=O) groups excluding carboxylic acids is 1. The molecular formula is C17H35N3O3. The van der Waals surface area contributed by atoms with Crippen molar-refractivity contribution >= 4 is 11.9 Å². The third-order valence-corrected chi connectivity index (χ3v) is 3.15. The third kappa shape index (κ3) is 14.0. The Labute approximate surface area is 141 Å². The van der Waals surface area contributed by atoms with Crippen LogP contribution in [0.1, 0.15) is 40.5 Å². The SMILES string of the molecule is C=CCNC(=O)[C@H](CC(C)C)NC.CN[C@@H](CC(C)C)C(=O)O. The van der Waals surface area contributed by atoms with Crippen molar-refractivity contribution in [1.82, 2.24) is 16.0 Å². The van der Waals surface area contributed by atoms with E-state index in [9.17, 15) is 9.59 Å². The van der Waals surface area contributed by atoms with E-state index in [1.807, 2.05) is 13.8 Å². The molecule has 0 aliphatic rings. The molecule has 23 heavy (non-hydrogen) atoms. The molecule has 136 valence electrons. The van der Waals surface area contributed by atoms with Gasteiger partial charge in [0.2, 0.25) is 5.91 Å². The van der Waals surface area contributed by atoms with Gasteiger partial charge in [0.15, 0.2) is 0 Å². The van der Waals surface area contributed by atoms with Gasteiger partial charge in [0.1, 0.15) is 6.04 Å². The van der Waals surface area contributed by atoms with E-state index >= 15 is 0 Å². The zero-order valence-electron chi connectivity index (χ0n) is 15.5. The summed E-state index contributed by atoms with van der Waals surface area (Å²) in [5, 5.41) is 17.1. The number of carboxylic acids is 1. The van der Waals surface area contributed by atoms with Gasteiger partial charge in [-0.1, -0.05) is 33.8 Å². The Morgan fingerprint density at radius 1 is 1.00 bits per heavy atom. The Morgan fingerprint density at radius 2 is 1.43 bits per heavy atom. The van der Waals surface area contributed by atoms with Crippen LogP contribution in [0, 0.1) is 11.8 Å². The van der Waals surface area contributed by atoms with Crippen LogP contribution in [0.15, 0.2) is 12.7 Å². The standard InChI is InChI=1S/C10H20N2O.C7H15NO2/c1-5-6-12-10(13)9(11-4)7-8(2)3;1-5(2)4-6(8-3)7(9)10/h5,8-9,11H,1,6-7H2,2-4H3,(H,12,13);5-6,8H,4H2,1-3H3,(H,9,10)/t9-;6-/m00/s1. The number of rotatable bonds is 10. The van der Waals surface area contributed by atoms with Gasteiger partial charge >= 0.3 is 5.97 Å². The average Bonchev–Trinajstić information content (AvgIpc) is 2.47. The highest BCUT2D eigenvalue weighted by Crippen LogP contribution is 2.04. The fourth-order valence-electron chi connectivity index (χ4n) is 1.94. The Bertz CT molecular complexity index is 344. The first-order chi connectivity index (χ1) is 10.7. The predicted molar refractivity (Wildman–Crippen MR) is 95.4 cm³/mol. The second-order valence-corrected chi connectivity index (χ2v) is 6.31. The smallest absolute Gasteiger partial charge is 0.320 e. The summed E-state index contributed by atoms with van der Waals surface area (Å²) >= 11 is 0. The molecule has 0 saturated heterocycles. The quantitative estimate of drug-likeness (QED) is 0.457. The number of hydrogen-bond acceptors (Lipinski definition) is 4. The van der Waals surface area contributed by atoms with Crippen molar-refractivity contribution in [3.63, 3.8) is 0 Å². The molecule has 4 N–H and O–H groups in total. The molecule has 6 nitrogen and oxygen atoms in total. The maximum Gasteiger partial charge on any atom is 0.320 e. The van der Waals surface area contributed by atoms with E-state index in [-0.39, 0.29) is 18.0 Å². The average molecular weight is 329 g/mol. The van der Waals surface area contributed by atoms with E-state index in [0.717, 1.165) is 6.42 Å². The summed E-state index contributed by atoms with van der Waals surface area (Å²) in [6, 6.07) is -0.472. The molecule has 1 amide bonds. The van der Waals surface area contributed by atoms with E-state index in [1.165, 1.54) is 0 Å². The van der Waals surface area contributed by atoms with E-state index in [0.29, 0.717) is 24.8 Å². The fraction of sp³-hybridized carbons (Fsp3) is 0.765. The van der Waals surface area contributed by atoms with Gasteiger partial charge < -0.3 is 21.1 Å². The van der Waals surface area contributed by atoms with E-state index < -0.39 is 5.97 Å². The molecule has 0 spiro atoms. The molecule has 0 aromatic carbocycles. The topological polar surface area (TPSA) is 90.5 Å². The van der Waals surface area contributed by atoms with Crippen LogP contribution in [-0.4, -0.2) is 49.7 Å². The van der Waals surface area contributed by atoms with E-state index in [1.54, 1.807) is 20.2 Å². The number of carbonyl (C=O) groups is 2. The minimum atomic E-state index is -0.767. The van der Waals surface area contributed by atoms with Gasteiger partial charge in [-0.15, -0.1) is 6.58 Å². The van der Waals surface area contributed by atoms with Gasteiger partial charge in [-0.25, -0.2) is 0 Å². The number of nitrogens with one attached hydrogen (secondary N) is 3. The number of carboxylic acid groups (broad SMARTS) is 1. The van der Waals surface area contributed by atoms with E-state index in [2.05, 4.69) is 36.4 Å². The molecule has 0 rings (SSSR count). The predicted octanol–water partition coefficient (Wildman–Crippen LogP) is 1.63. The van der Waals surface area contributed by atoms with Gasteiger partial charge in [0.25, 0.3) is 0 Å². The van der Waals surface area contributed by atoms with Crippen LogP contribution in [0.4, 0.5) is 0 Å². The first-order valence-electron chi connectivity index (χ1n) is 8.15. The highest BCUT2D eigenvalue weighted by atomic mass is 16.4. The van der Waals surface area contributed by atoms with Crippen LogP contribution < -0.4 is 16.0 Å². The lowest BCUT2D eigenvalue weighted by molar-refractivity contribution is -0.139. The lowest BCUT2D eigenvalue weighted by Crippen LogP contribution is -2.43. The first-order valence-corrected chi connectivity index (χ1v) is 8.15. The molecular weight excluding hydrogens is 294 g/mol. The Balaban J connectivity index is 0. The minimum Gasteiger partial charge on any atom is -0.480 e. The van der Waals surface area contributed by atoms with Crippen molar-refractivity contribution in [3.05, 3.63) is 12.7 Å². The monoisotopic (exact) mass is 329 g/mol. The lowest BCUT2D eigenvalue weighted by atomic mass is 10.0. The van der Waals surface area contributed by atoms with Crippen molar-refractivity contribution in [2.45, 2.75) is 52.6 Å². The summed E-state index contributed by atoms with van der Waals surface area (Å²) in [5.74, 6) is 0.229. The number of likely N-dealkylation sites (N-methyl/N-ethyl adjacent to an activating group) is 2. The Morgan fingerprint density at radius 3 is 1.70 bits per heavy atom. The molecule has 0 aromatic rings. The molecule has 0 bridgehead atoms. The first kappa shape index (κ1) is 23.9. The van der Waals surface area contributed by atoms with Crippen LogP contribution >= 0.6 is 0 Å². The van der Waals surface area contributed by atoms with Gasteiger partial charge in [-0.3, -0.25) is 9.59 Å². The van der Waals surface area contributed by atoms with E-state index in [4.69, 9.17) is 5.11 Å². The Hall–Kier alpha value is -1.40. The van der Waals surface area contributed by atoms with Gasteiger partial charge in [0, 0.05) is 6.54 Å². The molecule has 0 aromatic heterocycles. The molecule has 0 fully saturated rings. The van der Waals surface area contributed by atoms with Crippen LogP contribution in [0.3, 0.4) is 0 Å². The molecule has 0 heterocycles. The maximum atomic E-state index is 11.4. The minimum absolute atomic E-state index is 0.0519. The molecule has 0 saturated carbocycles. The van der Waals surface area contributed by atoms with Crippen molar-refractivity contribution in [2.75, 3.05) is 20.6 Å². The largest absolute Gasteiger partial charge is 0.480 e. The molecule has 6 heteroatoms.